The number of carboxylic acid groups (broad SMARTS) is 2. The number of phenolic OH excluding ortho intramolecular Hbond substituents is 6. The first-order valence-corrected chi connectivity index (χ1v) is 15.2. The number of carbonyl (C=O) groups excluding carboxylic acids is 2. The van der Waals surface area contributed by atoms with Crippen LogP contribution >= 0.6 is 0 Å². The minimum atomic E-state index is -1.79. The molecule has 0 spiro atoms. The molecule has 0 amide bonds. The Morgan fingerprint density at radius 3 is 1.69 bits per heavy atom. The Kier molecular flexibility index (Phi) is 10.6. The number of benzene rings is 4. The summed E-state index contributed by atoms with van der Waals surface area (Å²) >= 11 is 0. The lowest BCUT2D eigenvalue weighted by Crippen LogP contribution is -2.43. The quantitative estimate of drug-likeness (QED) is 0.0593. The van der Waals surface area contributed by atoms with Crippen molar-refractivity contribution in [3.05, 3.63) is 101 Å². The maximum Gasteiger partial charge on any atom is 0.352 e. The Hall–Kier alpha value is -7.10. The highest BCUT2D eigenvalue weighted by Gasteiger charge is 2.41. The molecule has 1 aliphatic heterocycles. The highest BCUT2D eigenvalue weighted by molar-refractivity contribution is 5.89. The Labute approximate surface area is 293 Å². The van der Waals surface area contributed by atoms with Crippen LogP contribution < -0.4 is 9.47 Å². The number of esters is 2. The van der Waals surface area contributed by atoms with Crippen molar-refractivity contribution < 1.29 is 79.0 Å². The molecule has 52 heavy (non-hydrogen) atoms. The first-order valence-electron chi connectivity index (χ1n) is 15.2. The number of hydrogen-bond donors (Lipinski definition) is 8. The van der Waals surface area contributed by atoms with E-state index >= 15 is 0 Å². The van der Waals surface area contributed by atoms with Crippen LogP contribution in [0, 0.1) is 0 Å². The standard InChI is InChI=1S/C36H30O16/c37-21-6-1-18(11-24(21)40)14-29(34(44)45)49-31(43)10-4-17-3-9-27-28(13-17)51-33(32(50-27)20-5-8-23(39)26(42)16-20)36(48)52-30(35(46)47)15-19-2-7-22(38)25(41)12-19/h1-13,16,29-30,32-33,37-42H,14-15H2,(H,44,45)(H,46,47)/t29-,30-,32+,33+/m1/s1. The monoisotopic (exact) mass is 718 g/mol. The molecule has 16 nitrogen and oxygen atoms in total. The fourth-order valence-electron chi connectivity index (χ4n) is 5.08. The third-order valence-electron chi connectivity index (χ3n) is 7.71. The van der Waals surface area contributed by atoms with Crippen LogP contribution in [-0.4, -0.2) is 83.0 Å². The summed E-state index contributed by atoms with van der Waals surface area (Å²) in [7, 11) is 0. The Morgan fingerprint density at radius 2 is 1.15 bits per heavy atom. The van der Waals surface area contributed by atoms with Crippen LogP contribution in [0.3, 0.4) is 0 Å². The van der Waals surface area contributed by atoms with Gasteiger partial charge in [-0.1, -0.05) is 24.3 Å². The molecule has 270 valence electrons. The van der Waals surface area contributed by atoms with Gasteiger partial charge in [0.05, 0.1) is 0 Å². The largest absolute Gasteiger partial charge is 0.504 e. The molecule has 4 atom stereocenters. The Morgan fingerprint density at radius 1 is 0.615 bits per heavy atom. The summed E-state index contributed by atoms with van der Waals surface area (Å²) in [5.74, 6) is -8.08. The zero-order chi connectivity index (χ0) is 37.7. The van der Waals surface area contributed by atoms with E-state index in [9.17, 15) is 60.0 Å². The third-order valence-corrected chi connectivity index (χ3v) is 7.71. The summed E-state index contributed by atoms with van der Waals surface area (Å²) in [5.41, 5.74) is 0.916. The van der Waals surface area contributed by atoms with Crippen molar-refractivity contribution in [2.24, 2.45) is 0 Å². The van der Waals surface area contributed by atoms with Gasteiger partial charge in [-0.2, -0.15) is 0 Å². The number of ether oxygens (including phenoxy) is 4. The number of fused-ring (bicyclic) bond motifs is 1. The molecular weight excluding hydrogens is 688 g/mol. The van der Waals surface area contributed by atoms with Gasteiger partial charge in [0.1, 0.15) is 0 Å². The van der Waals surface area contributed by atoms with Gasteiger partial charge in [-0.25, -0.2) is 19.2 Å². The number of hydrogen-bond acceptors (Lipinski definition) is 14. The lowest BCUT2D eigenvalue weighted by Gasteiger charge is -2.33. The second-order valence-corrected chi connectivity index (χ2v) is 11.4. The number of carbonyl (C=O) groups is 4. The molecule has 4 aromatic carbocycles. The van der Waals surface area contributed by atoms with Gasteiger partial charge in [0.15, 0.2) is 52.1 Å². The van der Waals surface area contributed by atoms with Crippen LogP contribution in [0.25, 0.3) is 6.08 Å². The van der Waals surface area contributed by atoms with Crippen LogP contribution in [0.2, 0.25) is 0 Å². The van der Waals surface area contributed by atoms with Crippen LogP contribution in [0.1, 0.15) is 28.4 Å². The van der Waals surface area contributed by atoms with Gasteiger partial charge < -0.3 is 59.8 Å². The van der Waals surface area contributed by atoms with E-state index in [0.717, 1.165) is 42.5 Å². The first-order chi connectivity index (χ1) is 24.7. The summed E-state index contributed by atoms with van der Waals surface area (Å²) in [6.45, 7) is 0. The molecule has 1 heterocycles. The summed E-state index contributed by atoms with van der Waals surface area (Å²) in [4.78, 5) is 49.9. The highest BCUT2D eigenvalue weighted by Crippen LogP contribution is 2.42. The van der Waals surface area contributed by atoms with Gasteiger partial charge in [0, 0.05) is 24.5 Å². The number of phenols is 6. The van der Waals surface area contributed by atoms with E-state index in [4.69, 9.17) is 18.9 Å². The predicted octanol–water partition coefficient (Wildman–Crippen LogP) is 3.29. The third kappa shape index (κ3) is 8.54. The fourth-order valence-corrected chi connectivity index (χ4v) is 5.08. The maximum absolute atomic E-state index is 13.6. The predicted molar refractivity (Wildman–Crippen MR) is 175 cm³/mol. The van der Waals surface area contributed by atoms with Gasteiger partial charge in [-0.3, -0.25) is 0 Å². The molecule has 1 aliphatic rings. The molecule has 8 N–H and O–H groups in total. The summed E-state index contributed by atoms with van der Waals surface area (Å²) in [6.07, 6.45) is -4.99. The van der Waals surface area contributed by atoms with E-state index in [2.05, 4.69) is 0 Å². The molecule has 0 aliphatic carbocycles. The Bertz CT molecular complexity index is 2050. The molecule has 0 unspecified atom stereocenters. The molecule has 16 heteroatoms. The van der Waals surface area contributed by atoms with Crippen molar-refractivity contribution in [3.8, 4) is 46.0 Å². The highest BCUT2D eigenvalue weighted by atomic mass is 16.6. The van der Waals surface area contributed by atoms with Gasteiger partial charge in [0.25, 0.3) is 0 Å². The van der Waals surface area contributed by atoms with Gasteiger partial charge >= 0.3 is 23.9 Å². The van der Waals surface area contributed by atoms with Crippen molar-refractivity contribution in [1.82, 2.24) is 0 Å². The van der Waals surface area contributed by atoms with E-state index in [1.807, 2.05) is 0 Å². The van der Waals surface area contributed by atoms with E-state index < -0.39 is 89.2 Å². The van der Waals surface area contributed by atoms with Crippen LogP contribution in [-0.2, 0) is 41.5 Å². The molecular formula is C36H30O16. The molecule has 0 radical (unpaired) electrons. The van der Waals surface area contributed by atoms with Crippen molar-refractivity contribution in [3.63, 3.8) is 0 Å². The summed E-state index contributed by atoms with van der Waals surface area (Å²) < 4.78 is 22.4. The summed E-state index contributed by atoms with van der Waals surface area (Å²) in [5, 5.41) is 77.8. The second-order valence-electron chi connectivity index (χ2n) is 11.4. The van der Waals surface area contributed by atoms with Crippen molar-refractivity contribution >= 4 is 30.0 Å². The average Bonchev–Trinajstić information content (AvgIpc) is 3.10. The number of aliphatic carboxylic acids is 2. The smallest absolute Gasteiger partial charge is 0.352 e. The first kappa shape index (κ1) is 36.2. The lowest BCUT2D eigenvalue weighted by molar-refractivity contribution is -0.173. The van der Waals surface area contributed by atoms with Crippen LogP contribution in [0.15, 0.2) is 78.9 Å². The van der Waals surface area contributed by atoms with Gasteiger partial charge in [-0.05, 0) is 71.3 Å². The zero-order valence-electron chi connectivity index (χ0n) is 26.7. The molecule has 0 saturated heterocycles. The molecule has 0 aromatic heterocycles. The second kappa shape index (κ2) is 15.2. The summed E-state index contributed by atoms with van der Waals surface area (Å²) in [6, 6.07) is 15.0. The molecule has 0 bridgehead atoms. The number of carboxylic acids is 2. The average molecular weight is 719 g/mol. The van der Waals surface area contributed by atoms with E-state index in [0.29, 0.717) is 0 Å². The van der Waals surface area contributed by atoms with Gasteiger partial charge in [0.2, 0.25) is 18.3 Å². The van der Waals surface area contributed by atoms with E-state index in [1.54, 1.807) is 0 Å². The topological polar surface area (TPSA) is 267 Å². The number of rotatable bonds is 12. The molecule has 0 saturated carbocycles. The Balaban J connectivity index is 1.36. The molecule has 4 aromatic rings. The lowest BCUT2D eigenvalue weighted by atomic mass is 10.0. The SMILES string of the molecule is O=C(C=Cc1ccc2c(c1)O[C@H](C(=O)O[C@H](Cc1ccc(O)c(O)c1)C(=O)O)[C@H](c1ccc(O)c(O)c1)O2)O[C@H](Cc1ccc(O)c(O)c1)C(=O)O. The van der Waals surface area contributed by atoms with E-state index in [1.165, 1.54) is 42.5 Å². The fraction of sp³-hybridized carbons (Fsp3) is 0.167. The van der Waals surface area contributed by atoms with Crippen molar-refractivity contribution in [2.45, 2.75) is 37.3 Å². The van der Waals surface area contributed by atoms with Crippen molar-refractivity contribution in [2.75, 3.05) is 0 Å². The van der Waals surface area contributed by atoms with E-state index in [-0.39, 0.29) is 40.2 Å². The van der Waals surface area contributed by atoms with Gasteiger partial charge in [-0.15, -0.1) is 0 Å². The zero-order valence-corrected chi connectivity index (χ0v) is 26.7. The minimum absolute atomic E-state index is 0.0531. The minimum Gasteiger partial charge on any atom is -0.504 e. The normalized spacial score (nSPS) is 16.1. The maximum atomic E-state index is 13.6. The molecule has 5 rings (SSSR count). The van der Waals surface area contributed by atoms with Crippen LogP contribution in [0.5, 0.6) is 46.0 Å². The van der Waals surface area contributed by atoms with Crippen molar-refractivity contribution in [1.29, 1.82) is 0 Å². The van der Waals surface area contributed by atoms with Crippen LogP contribution in [0.4, 0.5) is 0 Å². The number of aromatic hydroxyl groups is 6. The molecule has 0 fully saturated rings.